The van der Waals surface area contributed by atoms with Gasteiger partial charge < -0.3 is 10.2 Å². The van der Waals surface area contributed by atoms with E-state index in [1.54, 1.807) is 11.3 Å². The van der Waals surface area contributed by atoms with Crippen molar-refractivity contribution in [2.24, 2.45) is 0 Å². The van der Waals surface area contributed by atoms with Gasteiger partial charge in [-0.05, 0) is 58.5 Å². The lowest BCUT2D eigenvalue weighted by Crippen LogP contribution is -2.28. The number of nitrogens with one attached hydrogen (secondary N) is 1. The first kappa shape index (κ1) is 15.7. The normalized spacial score (nSPS) is 20.2. The monoisotopic (exact) mass is 415 g/mol. The number of pyridine rings is 1. The zero-order valence-corrected chi connectivity index (χ0v) is 15.8. The van der Waals surface area contributed by atoms with Crippen molar-refractivity contribution in [1.29, 1.82) is 0 Å². The lowest BCUT2D eigenvalue weighted by Gasteiger charge is -2.26. The molecule has 0 radical (unpaired) electrons. The predicted octanol–water partition coefficient (Wildman–Crippen LogP) is 5.08. The molecule has 1 saturated heterocycles. The highest BCUT2D eigenvalue weighted by Crippen LogP contribution is 2.43. The average Bonchev–Trinajstić information content (AvgIpc) is 3.19. The number of thiophene rings is 1. The van der Waals surface area contributed by atoms with Gasteiger partial charge in [-0.15, -0.1) is 11.3 Å². The van der Waals surface area contributed by atoms with Crippen LogP contribution >= 0.6 is 39.5 Å². The van der Waals surface area contributed by atoms with Crippen molar-refractivity contribution in [1.82, 2.24) is 10.3 Å². The molecule has 0 saturated carbocycles. The Bertz CT molecular complexity index is 851. The van der Waals surface area contributed by atoms with Crippen molar-refractivity contribution < 1.29 is 0 Å². The first-order valence-corrected chi connectivity index (χ1v) is 9.62. The first-order chi connectivity index (χ1) is 11.7. The van der Waals surface area contributed by atoms with Gasteiger partial charge in [0.1, 0.15) is 0 Å². The molecule has 3 aromatic rings. The quantitative estimate of drug-likeness (QED) is 0.603. The van der Waals surface area contributed by atoms with E-state index in [9.17, 15) is 0 Å². The van der Waals surface area contributed by atoms with Crippen LogP contribution in [0.5, 0.6) is 0 Å². The van der Waals surface area contributed by atoms with Crippen LogP contribution in [0.25, 0.3) is 0 Å². The van der Waals surface area contributed by atoms with E-state index in [1.807, 2.05) is 42.6 Å². The fraction of sp³-hybridized carbons (Fsp3) is 0.111. The van der Waals surface area contributed by atoms with Crippen molar-refractivity contribution in [3.05, 3.63) is 81.2 Å². The van der Waals surface area contributed by atoms with Gasteiger partial charge in [0.05, 0.1) is 17.8 Å². The van der Waals surface area contributed by atoms with Gasteiger partial charge in [0.15, 0.2) is 5.11 Å². The average molecular weight is 416 g/mol. The van der Waals surface area contributed by atoms with Crippen LogP contribution in [-0.2, 0) is 0 Å². The summed E-state index contributed by atoms with van der Waals surface area (Å²) < 4.78 is 1.09. The van der Waals surface area contributed by atoms with Gasteiger partial charge in [-0.3, -0.25) is 4.98 Å². The number of hydrogen-bond acceptors (Lipinski definition) is 3. The summed E-state index contributed by atoms with van der Waals surface area (Å²) in [5, 5.41) is 6.30. The number of thiocarbonyl (C=S) groups is 1. The van der Waals surface area contributed by atoms with E-state index < -0.39 is 0 Å². The summed E-state index contributed by atoms with van der Waals surface area (Å²) in [4.78, 5) is 7.98. The molecule has 0 bridgehead atoms. The van der Waals surface area contributed by atoms with E-state index in [1.165, 1.54) is 4.88 Å². The standard InChI is InChI=1S/C18H14BrN3S2/c19-12-10-15(24-11-12)17-16(14-8-4-5-9-20-14)21-18(23)22(17)13-6-2-1-3-7-13/h1-11,16-17H,(H,21,23). The third kappa shape index (κ3) is 2.85. The molecule has 1 aromatic carbocycles. The van der Waals surface area contributed by atoms with Crippen LogP contribution in [0.3, 0.4) is 0 Å². The van der Waals surface area contributed by atoms with Gasteiger partial charge in [0.2, 0.25) is 0 Å². The number of rotatable bonds is 3. The number of nitrogens with zero attached hydrogens (tertiary/aromatic N) is 2. The van der Waals surface area contributed by atoms with Crippen molar-refractivity contribution >= 4 is 50.3 Å². The maximum absolute atomic E-state index is 5.66. The maximum atomic E-state index is 5.66. The zero-order valence-electron chi connectivity index (χ0n) is 12.6. The Kier molecular flexibility index (Phi) is 4.35. The summed E-state index contributed by atoms with van der Waals surface area (Å²) in [5.41, 5.74) is 2.08. The molecule has 3 nitrogen and oxygen atoms in total. The van der Waals surface area contributed by atoms with E-state index in [-0.39, 0.29) is 12.1 Å². The number of halogens is 1. The summed E-state index contributed by atoms with van der Waals surface area (Å²) in [6.45, 7) is 0. The minimum absolute atomic E-state index is 0.0180. The van der Waals surface area contributed by atoms with Gasteiger partial charge >= 0.3 is 0 Å². The van der Waals surface area contributed by atoms with Gasteiger partial charge in [0, 0.05) is 26.6 Å². The molecule has 2 unspecified atom stereocenters. The highest BCUT2D eigenvalue weighted by Gasteiger charge is 2.41. The molecule has 0 aliphatic carbocycles. The molecule has 1 fully saturated rings. The van der Waals surface area contributed by atoms with Crippen LogP contribution in [0.2, 0.25) is 0 Å². The molecule has 6 heteroatoms. The first-order valence-electron chi connectivity index (χ1n) is 7.53. The summed E-state index contributed by atoms with van der Waals surface area (Å²) in [6.07, 6.45) is 1.83. The van der Waals surface area contributed by atoms with E-state index in [0.717, 1.165) is 21.0 Å². The minimum Gasteiger partial charge on any atom is -0.351 e. The molecule has 3 heterocycles. The largest absolute Gasteiger partial charge is 0.351 e. The smallest absolute Gasteiger partial charge is 0.174 e. The number of anilines is 1. The van der Waals surface area contributed by atoms with Gasteiger partial charge in [-0.25, -0.2) is 0 Å². The molecule has 2 atom stereocenters. The number of para-hydroxylation sites is 1. The SMILES string of the molecule is S=C1NC(c2ccccn2)C(c2cc(Br)cs2)N1c1ccccc1. The van der Waals surface area contributed by atoms with Crippen LogP contribution in [0.1, 0.15) is 22.7 Å². The van der Waals surface area contributed by atoms with Gasteiger partial charge in [-0.2, -0.15) is 0 Å². The Hall–Kier alpha value is -1.76. The second-order valence-corrected chi connectivity index (χ2v) is 7.74. The highest BCUT2D eigenvalue weighted by molar-refractivity contribution is 9.10. The van der Waals surface area contributed by atoms with Crippen LogP contribution in [0.4, 0.5) is 5.69 Å². The topological polar surface area (TPSA) is 28.2 Å². The molecule has 1 aliphatic rings. The lowest BCUT2D eigenvalue weighted by atomic mass is 10.0. The maximum Gasteiger partial charge on any atom is 0.174 e. The van der Waals surface area contributed by atoms with Gasteiger partial charge in [0.25, 0.3) is 0 Å². The van der Waals surface area contributed by atoms with E-state index in [4.69, 9.17) is 12.2 Å². The fourth-order valence-electron chi connectivity index (χ4n) is 2.99. The van der Waals surface area contributed by atoms with E-state index in [2.05, 4.69) is 54.7 Å². The van der Waals surface area contributed by atoms with Crippen molar-refractivity contribution in [3.63, 3.8) is 0 Å². The molecule has 2 aromatic heterocycles. The summed E-state index contributed by atoms with van der Waals surface area (Å²) >= 11 is 11.0. The summed E-state index contributed by atoms with van der Waals surface area (Å²) in [7, 11) is 0. The second kappa shape index (κ2) is 6.63. The molecule has 120 valence electrons. The second-order valence-electron chi connectivity index (χ2n) is 5.50. The third-order valence-electron chi connectivity index (χ3n) is 4.01. The number of benzene rings is 1. The van der Waals surface area contributed by atoms with E-state index in [0.29, 0.717) is 0 Å². The van der Waals surface area contributed by atoms with Crippen molar-refractivity contribution in [2.75, 3.05) is 4.90 Å². The Morgan fingerprint density at radius 2 is 1.92 bits per heavy atom. The number of hydrogen-bond donors (Lipinski definition) is 1. The minimum atomic E-state index is 0.0180. The molecule has 4 rings (SSSR count). The molecule has 1 aliphatic heterocycles. The molecular formula is C18H14BrN3S2. The molecule has 0 amide bonds. The Morgan fingerprint density at radius 3 is 2.58 bits per heavy atom. The van der Waals surface area contributed by atoms with Crippen LogP contribution in [-0.4, -0.2) is 10.1 Å². The van der Waals surface area contributed by atoms with Gasteiger partial charge in [-0.1, -0.05) is 24.3 Å². The Balaban J connectivity index is 1.82. The predicted molar refractivity (Wildman–Crippen MR) is 106 cm³/mol. The lowest BCUT2D eigenvalue weighted by molar-refractivity contribution is 0.575. The number of aromatic nitrogens is 1. The van der Waals surface area contributed by atoms with Crippen molar-refractivity contribution in [3.8, 4) is 0 Å². The Labute approximate surface area is 158 Å². The zero-order chi connectivity index (χ0) is 16.5. The summed E-state index contributed by atoms with van der Waals surface area (Å²) in [5.74, 6) is 0. The molecule has 0 spiro atoms. The fourth-order valence-corrected chi connectivity index (χ4v) is 4.91. The molecular weight excluding hydrogens is 402 g/mol. The highest BCUT2D eigenvalue weighted by atomic mass is 79.9. The van der Waals surface area contributed by atoms with Crippen molar-refractivity contribution in [2.45, 2.75) is 12.1 Å². The van der Waals surface area contributed by atoms with E-state index >= 15 is 0 Å². The Morgan fingerprint density at radius 1 is 1.12 bits per heavy atom. The summed E-state index contributed by atoms with van der Waals surface area (Å²) in [6, 6.07) is 18.5. The molecule has 1 N–H and O–H groups in total. The van der Waals surface area contributed by atoms with Crippen LogP contribution < -0.4 is 10.2 Å². The van der Waals surface area contributed by atoms with Crippen LogP contribution in [0.15, 0.2) is 70.6 Å². The molecule has 24 heavy (non-hydrogen) atoms. The van der Waals surface area contributed by atoms with Crippen LogP contribution in [0, 0.1) is 0 Å². The third-order valence-corrected chi connectivity index (χ3v) is 6.09.